The predicted molar refractivity (Wildman–Crippen MR) is 135 cm³/mol. The number of hydrogen-bond donors (Lipinski definition) is 2. The van der Waals surface area contributed by atoms with Crippen molar-refractivity contribution >= 4 is 28.5 Å². The van der Waals surface area contributed by atoms with Gasteiger partial charge in [-0.3, -0.25) is 9.59 Å². The number of carboxylic acids is 1. The maximum atomic E-state index is 12.6. The molecule has 0 saturated carbocycles. The molecule has 188 valence electrons. The first-order valence-corrected chi connectivity index (χ1v) is 11.7. The van der Waals surface area contributed by atoms with E-state index in [1.165, 1.54) is 4.90 Å². The van der Waals surface area contributed by atoms with E-state index in [0.29, 0.717) is 12.2 Å². The number of aliphatic carboxylic acids is 1. The molecule has 2 N–H and O–H groups in total. The van der Waals surface area contributed by atoms with Gasteiger partial charge in [0, 0.05) is 49.5 Å². The minimum atomic E-state index is -0.930. The zero-order valence-electron chi connectivity index (χ0n) is 20.8. The Labute approximate surface area is 205 Å². The number of rotatable bonds is 13. The second kappa shape index (κ2) is 12.3. The van der Waals surface area contributed by atoms with Gasteiger partial charge >= 0.3 is 5.97 Å². The molecule has 1 aromatic heterocycles. The van der Waals surface area contributed by atoms with Crippen LogP contribution < -0.4 is 10.1 Å². The Bertz CT molecular complexity index is 1140. The molecule has 0 bridgehead atoms. The number of hydrogen-bond acceptors (Lipinski definition) is 6. The molecule has 0 radical (unpaired) electrons. The van der Waals surface area contributed by atoms with Crippen LogP contribution in [0, 0.1) is 6.92 Å². The number of carbonyl (C=O) groups is 2. The van der Waals surface area contributed by atoms with Crippen molar-refractivity contribution < 1.29 is 28.6 Å². The monoisotopic (exact) mass is 482 g/mol. The van der Waals surface area contributed by atoms with E-state index in [-0.39, 0.29) is 24.9 Å². The van der Waals surface area contributed by atoms with Crippen LogP contribution in [0.2, 0.25) is 0 Å². The number of unbranched alkanes of at least 4 members (excludes halogenated alkanes) is 1. The third-order valence-electron chi connectivity index (χ3n) is 6.07. The Balaban J connectivity index is 1.79. The summed E-state index contributed by atoms with van der Waals surface area (Å²) < 4.78 is 16.9. The molecule has 0 aliphatic rings. The number of carboxylic acid groups (broad SMARTS) is 1. The lowest BCUT2D eigenvalue weighted by molar-refractivity contribution is -0.137. The van der Waals surface area contributed by atoms with Crippen molar-refractivity contribution in [3.05, 3.63) is 59.4 Å². The molecule has 0 saturated heterocycles. The summed E-state index contributed by atoms with van der Waals surface area (Å²) in [5.74, 6) is 0.515. The minimum absolute atomic E-state index is 0.0648. The molecule has 3 aromatic rings. The maximum Gasteiger partial charge on any atom is 0.305 e. The number of amides is 1. The highest BCUT2D eigenvalue weighted by atomic mass is 16.5. The fourth-order valence-corrected chi connectivity index (χ4v) is 4.04. The topological polar surface area (TPSA) is 101 Å². The Morgan fingerprint density at radius 1 is 1.11 bits per heavy atom. The van der Waals surface area contributed by atoms with E-state index in [9.17, 15) is 9.59 Å². The summed E-state index contributed by atoms with van der Waals surface area (Å²) >= 11 is 0. The molecular weight excluding hydrogens is 448 g/mol. The van der Waals surface area contributed by atoms with Gasteiger partial charge in [0.05, 0.1) is 19.6 Å². The van der Waals surface area contributed by atoms with Crippen LogP contribution in [0.5, 0.6) is 5.75 Å². The van der Waals surface area contributed by atoms with E-state index < -0.39 is 5.97 Å². The highest BCUT2D eigenvalue weighted by molar-refractivity contribution is 5.94. The molecule has 8 nitrogen and oxygen atoms in total. The average Bonchev–Trinajstić information content (AvgIpc) is 3.19. The summed E-state index contributed by atoms with van der Waals surface area (Å²) in [4.78, 5) is 24.8. The molecule has 1 atom stereocenters. The van der Waals surface area contributed by atoms with Gasteiger partial charge in [-0.1, -0.05) is 0 Å². The second-order valence-corrected chi connectivity index (χ2v) is 8.59. The molecule has 35 heavy (non-hydrogen) atoms. The summed E-state index contributed by atoms with van der Waals surface area (Å²) in [7, 11) is 4.96. The highest BCUT2D eigenvalue weighted by Gasteiger charge is 2.21. The molecule has 1 amide bonds. The van der Waals surface area contributed by atoms with Crippen molar-refractivity contribution in [2.24, 2.45) is 0 Å². The molecular formula is C27H34N2O6. The summed E-state index contributed by atoms with van der Waals surface area (Å²) in [6.45, 7) is 2.92. The van der Waals surface area contributed by atoms with Gasteiger partial charge in [0.1, 0.15) is 17.1 Å². The quantitative estimate of drug-likeness (QED) is 0.320. The van der Waals surface area contributed by atoms with Crippen molar-refractivity contribution in [1.82, 2.24) is 4.90 Å². The SMILES string of the molecule is COCCCCC(Nc1ccc(C(=O)N(C)CCC(=O)O)cc1)c1oc2ccc(OC)cc2c1C. The van der Waals surface area contributed by atoms with Gasteiger partial charge < -0.3 is 29.2 Å². The number of carbonyl (C=O) groups excluding carboxylic acids is 1. The molecule has 1 heterocycles. The first-order chi connectivity index (χ1) is 16.8. The van der Waals surface area contributed by atoms with Gasteiger partial charge in [-0.2, -0.15) is 0 Å². The van der Waals surface area contributed by atoms with Crippen molar-refractivity contribution in [2.75, 3.05) is 39.7 Å². The number of aryl methyl sites for hydroxylation is 1. The standard InChI is InChI=1S/C27H34N2O6/c1-18-22-17-21(34-4)12-13-24(22)35-26(18)23(7-5-6-16-33-3)28-20-10-8-19(9-11-20)27(32)29(2)15-14-25(30)31/h8-13,17,23,28H,5-7,14-16H2,1-4H3,(H,30,31). The summed E-state index contributed by atoms with van der Waals surface area (Å²) in [6, 6.07) is 13.0. The molecule has 0 aliphatic carbocycles. The lowest BCUT2D eigenvalue weighted by Crippen LogP contribution is -2.29. The summed E-state index contributed by atoms with van der Waals surface area (Å²) in [5, 5.41) is 13.4. The number of furan rings is 1. The first-order valence-electron chi connectivity index (χ1n) is 11.7. The third kappa shape index (κ3) is 6.76. The van der Waals surface area contributed by atoms with Crippen LogP contribution in [-0.2, 0) is 9.53 Å². The Kier molecular flexibility index (Phi) is 9.14. The van der Waals surface area contributed by atoms with E-state index in [1.807, 2.05) is 30.3 Å². The Morgan fingerprint density at radius 3 is 2.51 bits per heavy atom. The van der Waals surface area contributed by atoms with Gasteiger partial charge in [-0.05, 0) is 68.7 Å². The largest absolute Gasteiger partial charge is 0.497 e. The third-order valence-corrected chi connectivity index (χ3v) is 6.07. The van der Waals surface area contributed by atoms with Crippen LogP contribution in [0.4, 0.5) is 5.69 Å². The lowest BCUT2D eigenvalue weighted by atomic mass is 10.0. The number of anilines is 1. The molecule has 2 aromatic carbocycles. The van der Waals surface area contributed by atoms with Crippen LogP contribution in [-0.4, -0.2) is 56.3 Å². The summed E-state index contributed by atoms with van der Waals surface area (Å²) in [5.41, 5.74) is 3.25. The van der Waals surface area contributed by atoms with Crippen LogP contribution in [0.15, 0.2) is 46.9 Å². The molecule has 1 unspecified atom stereocenters. The van der Waals surface area contributed by atoms with Crippen molar-refractivity contribution in [3.8, 4) is 5.75 Å². The van der Waals surface area contributed by atoms with Crippen molar-refractivity contribution in [3.63, 3.8) is 0 Å². The molecule has 0 aliphatic heterocycles. The number of benzene rings is 2. The highest BCUT2D eigenvalue weighted by Crippen LogP contribution is 2.35. The smallest absolute Gasteiger partial charge is 0.305 e. The van der Waals surface area contributed by atoms with E-state index in [0.717, 1.165) is 53.0 Å². The van der Waals surface area contributed by atoms with Crippen LogP contribution in [0.3, 0.4) is 0 Å². The number of methoxy groups -OCH3 is 2. The van der Waals surface area contributed by atoms with Gasteiger partial charge in [0.2, 0.25) is 0 Å². The Morgan fingerprint density at radius 2 is 1.86 bits per heavy atom. The zero-order valence-corrected chi connectivity index (χ0v) is 20.8. The predicted octanol–water partition coefficient (Wildman–Crippen LogP) is 5.27. The van der Waals surface area contributed by atoms with Crippen molar-refractivity contribution in [2.45, 2.75) is 38.6 Å². The van der Waals surface area contributed by atoms with Gasteiger partial charge in [0.25, 0.3) is 5.91 Å². The van der Waals surface area contributed by atoms with Crippen molar-refractivity contribution in [1.29, 1.82) is 0 Å². The zero-order chi connectivity index (χ0) is 25.4. The normalized spacial score (nSPS) is 11.9. The molecule has 0 fully saturated rings. The van der Waals surface area contributed by atoms with E-state index in [4.69, 9.17) is 19.0 Å². The van der Waals surface area contributed by atoms with Gasteiger partial charge in [0.15, 0.2) is 0 Å². The van der Waals surface area contributed by atoms with Crippen LogP contribution in [0.25, 0.3) is 11.0 Å². The molecule has 3 rings (SSSR count). The maximum absolute atomic E-state index is 12.6. The lowest BCUT2D eigenvalue weighted by Gasteiger charge is -2.20. The fourth-order valence-electron chi connectivity index (χ4n) is 4.04. The first kappa shape index (κ1) is 26.1. The van der Waals surface area contributed by atoms with Crippen LogP contribution in [0.1, 0.15) is 53.4 Å². The van der Waals surface area contributed by atoms with E-state index in [1.54, 1.807) is 33.4 Å². The number of ether oxygens (including phenoxy) is 2. The van der Waals surface area contributed by atoms with Crippen LogP contribution >= 0.6 is 0 Å². The second-order valence-electron chi connectivity index (χ2n) is 8.59. The average molecular weight is 483 g/mol. The molecule has 8 heteroatoms. The van der Waals surface area contributed by atoms with Gasteiger partial charge in [-0.25, -0.2) is 0 Å². The minimum Gasteiger partial charge on any atom is -0.497 e. The Hall–Kier alpha value is -3.52. The summed E-state index contributed by atoms with van der Waals surface area (Å²) in [6.07, 6.45) is 2.66. The molecule has 0 spiro atoms. The van der Waals surface area contributed by atoms with E-state index in [2.05, 4.69) is 12.2 Å². The number of nitrogens with zero attached hydrogens (tertiary/aromatic N) is 1. The fraction of sp³-hybridized carbons (Fsp3) is 0.407. The van der Waals surface area contributed by atoms with E-state index >= 15 is 0 Å². The van der Waals surface area contributed by atoms with Gasteiger partial charge in [-0.15, -0.1) is 0 Å². The number of nitrogens with one attached hydrogen (secondary N) is 1. The number of fused-ring (bicyclic) bond motifs is 1.